The van der Waals surface area contributed by atoms with E-state index in [1.165, 1.54) is 23.0 Å². The van der Waals surface area contributed by atoms with E-state index < -0.39 is 17.7 Å². The predicted molar refractivity (Wildman–Crippen MR) is 96.6 cm³/mol. The highest BCUT2D eigenvalue weighted by molar-refractivity contribution is 5.80. The first kappa shape index (κ1) is 19.6. The first-order valence-electron chi connectivity index (χ1n) is 8.52. The summed E-state index contributed by atoms with van der Waals surface area (Å²) in [7, 11) is 0. The Balaban J connectivity index is 1.58. The largest absolute Gasteiger partial charge is 0.461 e. The van der Waals surface area contributed by atoms with Crippen molar-refractivity contribution in [1.29, 1.82) is 0 Å². The quantitative estimate of drug-likeness (QED) is 0.621. The maximum Gasteiger partial charge on any atom is 0.416 e. The molecule has 0 aliphatic carbocycles. The third kappa shape index (κ3) is 4.39. The molecule has 0 N–H and O–H groups in total. The van der Waals surface area contributed by atoms with E-state index in [4.69, 9.17) is 4.74 Å². The number of carbonyl (C=O) groups excluding carboxylic acids is 1. The number of esters is 1. The second-order valence-corrected chi connectivity index (χ2v) is 6.32. The van der Waals surface area contributed by atoms with E-state index in [0.717, 1.165) is 17.7 Å². The van der Waals surface area contributed by atoms with Crippen LogP contribution in [0.25, 0.3) is 10.9 Å². The van der Waals surface area contributed by atoms with Gasteiger partial charge < -0.3 is 4.74 Å². The normalized spacial score (nSPS) is 11.6. The number of nitrogens with zero attached hydrogens (tertiary/aromatic N) is 2. The van der Waals surface area contributed by atoms with Gasteiger partial charge in [-0.25, -0.2) is 4.98 Å². The highest BCUT2D eigenvalue weighted by Gasteiger charge is 2.29. The number of aryl methyl sites for hydroxylation is 2. The Kier molecular flexibility index (Phi) is 5.48. The monoisotopic (exact) mass is 390 g/mol. The van der Waals surface area contributed by atoms with Crippen LogP contribution in [0.5, 0.6) is 0 Å². The molecule has 1 heterocycles. The Labute approximate surface area is 158 Å². The number of hydrogen-bond donors (Lipinski definition) is 0. The van der Waals surface area contributed by atoms with E-state index >= 15 is 0 Å². The summed E-state index contributed by atoms with van der Waals surface area (Å²) in [6.45, 7) is 1.82. The highest BCUT2D eigenvalue weighted by Crippen LogP contribution is 2.29. The summed E-state index contributed by atoms with van der Waals surface area (Å²) < 4.78 is 44.0. The average molecular weight is 390 g/mol. The molecule has 0 spiro atoms. The van der Waals surface area contributed by atoms with Crippen molar-refractivity contribution in [2.75, 3.05) is 0 Å². The van der Waals surface area contributed by atoms with Gasteiger partial charge in [0.15, 0.2) is 0 Å². The van der Waals surface area contributed by atoms with Gasteiger partial charge in [0.05, 0.1) is 29.2 Å². The highest BCUT2D eigenvalue weighted by atomic mass is 19.4. The van der Waals surface area contributed by atoms with Gasteiger partial charge in [-0.1, -0.05) is 24.3 Å². The number of benzene rings is 2. The third-order valence-corrected chi connectivity index (χ3v) is 4.29. The van der Waals surface area contributed by atoms with Gasteiger partial charge >= 0.3 is 12.1 Å². The minimum atomic E-state index is -4.41. The molecule has 5 nitrogen and oxygen atoms in total. The molecule has 1 aromatic heterocycles. The number of alkyl halides is 3. The van der Waals surface area contributed by atoms with E-state index in [-0.39, 0.29) is 25.1 Å². The second kappa shape index (κ2) is 7.84. The van der Waals surface area contributed by atoms with Crippen molar-refractivity contribution in [2.45, 2.75) is 32.7 Å². The van der Waals surface area contributed by atoms with Crippen LogP contribution in [0.3, 0.4) is 0 Å². The van der Waals surface area contributed by atoms with Crippen LogP contribution in [-0.4, -0.2) is 15.5 Å². The summed E-state index contributed by atoms with van der Waals surface area (Å²) in [5.41, 5.74) is 0.943. The van der Waals surface area contributed by atoms with Crippen LogP contribution in [0.1, 0.15) is 23.1 Å². The fraction of sp³-hybridized carbons (Fsp3) is 0.250. The van der Waals surface area contributed by atoms with Gasteiger partial charge in [0.25, 0.3) is 5.56 Å². The lowest BCUT2D eigenvalue weighted by molar-refractivity contribution is -0.145. The molecule has 8 heteroatoms. The molecule has 146 valence electrons. The lowest BCUT2D eigenvalue weighted by Gasteiger charge is -2.09. The molecule has 0 saturated heterocycles. The smallest absolute Gasteiger partial charge is 0.416 e. The molecule has 28 heavy (non-hydrogen) atoms. The number of hydrogen-bond acceptors (Lipinski definition) is 4. The van der Waals surface area contributed by atoms with Crippen molar-refractivity contribution in [3.8, 4) is 0 Å². The Hall–Kier alpha value is -3.16. The van der Waals surface area contributed by atoms with Crippen molar-refractivity contribution in [3.05, 3.63) is 75.8 Å². The molecule has 0 saturated carbocycles. The Morgan fingerprint density at radius 3 is 2.54 bits per heavy atom. The molecule has 3 aromatic rings. The van der Waals surface area contributed by atoms with Crippen LogP contribution < -0.4 is 5.56 Å². The Morgan fingerprint density at radius 2 is 1.86 bits per heavy atom. The number of rotatable bonds is 5. The van der Waals surface area contributed by atoms with Gasteiger partial charge in [-0.2, -0.15) is 13.2 Å². The van der Waals surface area contributed by atoms with E-state index in [9.17, 15) is 22.8 Å². The molecule has 0 amide bonds. The summed E-state index contributed by atoms with van der Waals surface area (Å²) >= 11 is 0. The maximum absolute atomic E-state index is 12.5. The summed E-state index contributed by atoms with van der Waals surface area (Å²) in [6.07, 6.45) is -3.07. The number of fused-ring (bicyclic) bond motifs is 1. The van der Waals surface area contributed by atoms with Crippen molar-refractivity contribution in [2.24, 2.45) is 0 Å². The van der Waals surface area contributed by atoms with Gasteiger partial charge in [-0.15, -0.1) is 0 Å². The number of aromatic nitrogens is 2. The number of halogens is 3. The number of para-hydroxylation sites is 1. The molecule has 0 bridgehead atoms. The van der Waals surface area contributed by atoms with Crippen LogP contribution in [0.15, 0.2) is 53.6 Å². The fourth-order valence-corrected chi connectivity index (χ4v) is 2.73. The van der Waals surface area contributed by atoms with E-state index in [2.05, 4.69) is 4.98 Å². The van der Waals surface area contributed by atoms with Crippen LogP contribution >= 0.6 is 0 Å². The predicted octanol–water partition coefficient (Wildman–Crippen LogP) is 3.86. The molecule has 0 aliphatic heterocycles. The van der Waals surface area contributed by atoms with Crippen LogP contribution in [0.4, 0.5) is 13.2 Å². The van der Waals surface area contributed by atoms with Crippen molar-refractivity contribution in [3.63, 3.8) is 0 Å². The lowest BCUT2D eigenvalue weighted by Crippen LogP contribution is -2.22. The zero-order chi connectivity index (χ0) is 20.3. The SMILES string of the molecule is Cc1cccc2c(=O)n(CCC(=O)OCc3ccc(C(F)(F)F)cc3)cnc12. The van der Waals surface area contributed by atoms with Crippen molar-refractivity contribution < 1.29 is 22.7 Å². The molecule has 0 unspecified atom stereocenters. The van der Waals surface area contributed by atoms with Crippen LogP contribution in [0, 0.1) is 6.92 Å². The van der Waals surface area contributed by atoms with Gasteiger partial charge in [-0.05, 0) is 36.2 Å². The number of carbonyl (C=O) groups is 1. The van der Waals surface area contributed by atoms with Gasteiger partial charge in [0.1, 0.15) is 6.61 Å². The van der Waals surface area contributed by atoms with Gasteiger partial charge in [-0.3, -0.25) is 14.2 Å². The Morgan fingerprint density at radius 1 is 1.14 bits per heavy atom. The molecule has 0 atom stereocenters. The molecular formula is C20H17F3N2O3. The summed E-state index contributed by atoms with van der Waals surface area (Å²) in [6, 6.07) is 9.70. The topological polar surface area (TPSA) is 61.2 Å². The molecule has 2 aromatic carbocycles. The minimum Gasteiger partial charge on any atom is -0.461 e. The second-order valence-electron chi connectivity index (χ2n) is 6.32. The zero-order valence-electron chi connectivity index (χ0n) is 15.0. The molecule has 0 radical (unpaired) electrons. The molecular weight excluding hydrogens is 373 g/mol. The maximum atomic E-state index is 12.5. The average Bonchev–Trinajstić information content (AvgIpc) is 2.66. The molecule has 0 aliphatic rings. The summed E-state index contributed by atoms with van der Waals surface area (Å²) in [5.74, 6) is -0.559. The van der Waals surface area contributed by atoms with Gasteiger partial charge in [0.2, 0.25) is 0 Å². The summed E-state index contributed by atoms with van der Waals surface area (Å²) in [4.78, 5) is 28.6. The Bertz CT molecular complexity index is 1060. The minimum absolute atomic E-state index is 0.0560. The van der Waals surface area contributed by atoms with E-state index in [0.29, 0.717) is 16.5 Å². The third-order valence-electron chi connectivity index (χ3n) is 4.29. The van der Waals surface area contributed by atoms with Crippen LogP contribution in [0.2, 0.25) is 0 Å². The van der Waals surface area contributed by atoms with Crippen molar-refractivity contribution >= 4 is 16.9 Å². The molecule has 0 fully saturated rings. The number of ether oxygens (including phenoxy) is 1. The fourth-order valence-electron chi connectivity index (χ4n) is 2.73. The summed E-state index contributed by atoms with van der Waals surface area (Å²) in [5, 5.41) is 0.473. The van der Waals surface area contributed by atoms with E-state index in [1.54, 1.807) is 12.1 Å². The first-order valence-corrected chi connectivity index (χ1v) is 8.52. The van der Waals surface area contributed by atoms with Crippen LogP contribution in [-0.2, 0) is 28.9 Å². The van der Waals surface area contributed by atoms with Gasteiger partial charge in [0, 0.05) is 6.54 Å². The standard InChI is InChI=1S/C20H17F3N2O3/c1-13-3-2-4-16-18(13)24-12-25(19(16)27)10-9-17(26)28-11-14-5-7-15(8-6-14)20(21,22)23/h2-8,12H,9-11H2,1H3. The van der Waals surface area contributed by atoms with Crippen molar-refractivity contribution in [1.82, 2.24) is 9.55 Å². The zero-order valence-corrected chi connectivity index (χ0v) is 15.0. The van der Waals surface area contributed by atoms with E-state index in [1.807, 2.05) is 13.0 Å². The first-order chi connectivity index (χ1) is 13.3. The molecule has 3 rings (SSSR count). The lowest BCUT2D eigenvalue weighted by atomic mass is 10.1.